The second kappa shape index (κ2) is 2.98. The Balaban J connectivity index is 2.24. The van der Waals surface area contributed by atoms with E-state index in [1.54, 1.807) is 0 Å². The van der Waals surface area contributed by atoms with Crippen LogP contribution in [0.5, 0.6) is 0 Å². The van der Waals surface area contributed by atoms with Crippen molar-refractivity contribution in [2.75, 3.05) is 13.1 Å². The Morgan fingerprint density at radius 3 is 2.40 bits per heavy atom. The summed E-state index contributed by atoms with van der Waals surface area (Å²) >= 11 is -1.98. The van der Waals surface area contributed by atoms with Crippen molar-refractivity contribution in [1.29, 1.82) is 0 Å². The van der Waals surface area contributed by atoms with Gasteiger partial charge in [0.15, 0.2) is 0 Å². The van der Waals surface area contributed by atoms with Crippen LogP contribution in [0, 0.1) is 11.8 Å². The maximum Gasteiger partial charge on any atom is 0.0209 e. The SMILES string of the molecule is CC(C)C1CN(S(=O)[O-])C1. The van der Waals surface area contributed by atoms with Gasteiger partial charge in [0.1, 0.15) is 0 Å². The predicted molar refractivity (Wildman–Crippen MR) is 38.8 cm³/mol. The third-order valence-corrected chi connectivity index (χ3v) is 2.75. The number of hydrogen-bond donors (Lipinski definition) is 0. The minimum Gasteiger partial charge on any atom is -0.760 e. The number of nitrogens with zero attached hydrogens (tertiary/aromatic N) is 1. The van der Waals surface area contributed by atoms with E-state index in [4.69, 9.17) is 0 Å². The minimum atomic E-state index is -1.98. The van der Waals surface area contributed by atoms with Gasteiger partial charge in [0.05, 0.1) is 0 Å². The van der Waals surface area contributed by atoms with Gasteiger partial charge in [-0.15, -0.1) is 0 Å². The largest absolute Gasteiger partial charge is 0.760 e. The first-order valence-electron chi connectivity index (χ1n) is 3.45. The summed E-state index contributed by atoms with van der Waals surface area (Å²) in [4.78, 5) is 0. The molecule has 0 spiro atoms. The molecule has 1 rings (SSSR count). The summed E-state index contributed by atoms with van der Waals surface area (Å²) in [7, 11) is 0. The molecule has 1 unspecified atom stereocenters. The Morgan fingerprint density at radius 2 is 2.10 bits per heavy atom. The molecule has 0 saturated carbocycles. The molecule has 3 nitrogen and oxygen atoms in total. The van der Waals surface area contributed by atoms with Crippen LogP contribution in [0.3, 0.4) is 0 Å². The molecule has 0 amide bonds. The van der Waals surface area contributed by atoms with E-state index in [0.29, 0.717) is 24.9 Å². The lowest BCUT2D eigenvalue weighted by molar-refractivity contribution is 0.149. The van der Waals surface area contributed by atoms with Crippen molar-refractivity contribution in [2.24, 2.45) is 11.8 Å². The first-order valence-corrected chi connectivity index (χ1v) is 4.48. The fraction of sp³-hybridized carbons (Fsp3) is 1.00. The second-order valence-electron chi connectivity index (χ2n) is 3.07. The van der Waals surface area contributed by atoms with Crippen molar-refractivity contribution in [3.05, 3.63) is 0 Å². The number of hydrogen-bond acceptors (Lipinski definition) is 2. The molecule has 0 radical (unpaired) electrons. The molecule has 0 aliphatic carbocycles. The zero-order valence-electron chi connectivity index (χ0n) is 6.24. The lowest BCUT2D eigenvalue weighted by Gasteiger charge is -2.41. The molecule has 1 atom stereocenters. The first-order chi connectivity index (χ1) is 4.61. The molecule has 0 aromatic carbocycles. The van der Waals surface area contributed by atoms with Crippen LogP contribution >= 0.6 is 0 Å². The monoisotopic (exact) mass is 162 g/mol. The maximum absolute atomic E-state index is 10.3. The Kier molecular flexibility index (Phi) is 2.44. The summed E-state index contributed by atoms with van der Waals surface area (Å²) in [5.74, 6) is 1.19. The van der Waals surface area contributed by atoms with Gasteiger partial charge in [-0.05, 0) is 11.8 Å². The predicted octanol–water partition coefficient (Wildman–Crippen LogP) is 0.368. The van der Waals surface area contributed by atoms with Crippen LogP contribution in [0.1, 0.15) is 13.8 Å². The molecular weight excluding hydrogens is 150 g/mol. The molecular formula is C6H12NO2S-. The van der Waals surface area contributed by atoms with Crippen LogP contribution in [-0.2, 0) is 11.3 Å². The van der Waals surface area contributed by atoms with E-state index < -0.39 is 11.3 Å². The van der Waals surface area contributed by atoms with Gasteiger partial charge in [0.2, 0.25) is 0 Å². The van der Waals surface area contributed by atoms with E-state index in [0.717, 1.165) is 0 Å². The highest BCUT2D eigenvalue weighted by molar-refractivity contribution is 7.76. The van der Waals surface area contributed by atoms with Gasteiger partial charge in [-0.3, -0.25) is 4.21 Å². The van der Waals surface area contributed by atoms with E-state index in [9.17, 15) is 8.76 Å². The van der Waals surface area contributed by atoms with Crippen LogP contribution in [0.25, 0.3) is 0 Å². The summed E-state index contributed by atoms with van der Waals surface area (Å²) in [6, 6.07) is 0. The minimum absolute atomic E-state index is 0.581. The van der Waals surface area contributed by atoms with Gasteiger partial charge in [-0.25, -0.2) is 4.31 Å². The summed E-state index contributed by atoms with van der Waals surface area (Å²) in [5, 5.41) is 0. The molecule has 0 N–H and O–H groups in total. The van der Waals surface area contributed by atoms with E-state index in [1.807, 2.05) is 0 Å². The Morgan fingerprint density at radius 1 is 1.60 bits per heavy atom. The fourth-order valence-corrected chi connectivity index (χ4v) is 1.64. The van der Waals surface area contributed by atoms with Gasteiger partial charge in [0.25, 0.3) is 0 Å². The average Bonchev–Trinajstić information content (AvgIpc) is 1.56. The molecule has 0 bridgehead atoms. The van der Waals surface area contributed by atoms with E-state index in [1.165, 1.54) is 4.31 Å². The molecule has 0 aromatic rings. The standard InChI is InChI=1S/C6H13NO2S/c1-5(2)6-3-7(4-6)10(8)9/h5-6H,3-4H2,1-2H3,(H,8,9)/p-1. The normalized spacial score (nSPS) is 24.8. The van der Waals surface area contributed by atoms with E-state index in [2.05, 4.69) is 13.8 Å². The van der Waals surface area contributed by atoms with Crippen molar-refractivity contribution >= 4 is 11.3 Å². The Hall–Kier alpha value is 0.0700. The molecule has 10 heavy (non-hydrogen) atoms. The molecule has 1 saturated heterocycles. The van der Waals surface area contributed by atoms with Crippen molar-refractivity contribution in [3.63, 3.8) is 0 Å². The third kappa shape index (κ3) is 1.56. The third-order valence-electron chi connectivity index (χ3n) is 2.03. The summed E-state index contributed by atoms with van der Waals surface area (Å²) in [6.07, 6.45) is 0. The molecule has 1 heterocycles. The van der Waals surface area contributed by atoms with Crippen molar-refractivity contribution in [3.8, 4) is 0 Å². The molecule has 60 valence electrons. The van der Waals surface area contributed by atoms with Gasteiger partial charge in [0, 0.05) is 24.4 Å². The summed E-state index contributed by atoms with van der Waals surface area (Å²) < 4.78 is 22.0. The fourth-order valence-electron chi connectivity index (χ4n) is 1.01. The highest BCUT2D eigenvalue weighted by Gasteiger charge is 2.29. The van der Waals surface area contributed by atoms with E-state index >= 15 is 0 Å². The van der Waals surface area contributed by atoms with Crippen molar-refractivity contribution in [2.45, 2.75) is 13.8 Å². The van der Waals surface area contributed by atoms with E-state index in [-0.39, 0.29) is 0 Å². The Bertz CT molecular complexity index is 143. The molecule has 1 aliphatic heterocycles. The second-order valence-corrected chi connectivity index (χ2v) is 4.02. The molecule has 0 aromatic heterocycles. The smallest absolute Gasteiger partial charge is 0.0209 e. The molecule has 1 fully saturated rings. The van der Waals surface area contributed by atoms with Gasteiger partial charge < -0.3 is 4.55 Å². The van der Waals surface area contributed by atoms with Crippen LogP contribution in [0.15, 0.2) is 0 Å². The van der Waals surface area contributed by atoms with Crippen molar-refractivity contribution in [1.82, 2.24) is 4.31 Å². The lowest BCUT2D eigenvalue weighted by atomic mass is 9.91. The van der Waals surface area contributed by atoms with Crippen molar-refractivity contribution < 1.29 is 8.76 Å². The topological polar surface area (TPSA) is 43.4 Å². The van der Waals surface area contributed by atoms with Gasteiger partial charge >= 0.3 is 0 Å². The van der Waals surface area contributed by atoms with Crippen LogP contribution in [-0.4, -0.2) is 26.2 Å². The highest BCUT2D eigenvalue weighted by atomic mass is 32.2. The summed E-state index contributed by atoms with van der Waals surface area (Å²) in [6.45, 7) is 5.67. The first kappa shape index (κ1) is 8.17. The lowest BCUT2D eigenvalue weighted by Crippen LogP contribution is -2.49. The quantitative estimate of drug-likeness (QED) is 0.550. The average molecular weight is 162 g/mol. The zero-order valence-corrected chi connectivity index (χ0v) is 7.06. The Labute approximate surface area is 63.8 Å². The van der Waals surface area contributed by atoms with Gasteiger partial charge in [-0.2, -0.15) is 0 Å². The molecule has 4 heteroatoms. The maximum atomic E-state index is 10.3. The number of rotatable bonds is 2. The van der Waals surface area contributed by atoms with Crippen LogP contribution in [0.2, 0.25) is 0 Å². The summed E-state index contributed by atoms with van der Waals surface area (Å²) in [5.41, 5.74) is 0. The zero-order chi connectivity index (χ0) is 7.72. The van der Waals surface area contributed by atoms with Crippen LogP contribution < -0.4 is 0 Å². The van der Waals surface area contributed by atoms with Crippen LogP contribution in [0.4, 0.5) is 0 Å². The highest BCUT2D eigenvalue weighted by Crippen LogP contribution is 2.23. The molecule has 1 aliphatic rings. The van der Waals surface area contributed by atoms with Gasteiger partial charge in [-0.1, -0.05) is 13.8 Å².